The minimum absolute atomic E-state index is 0.288. The number of carbonyl (C=O) groups is 1. The Morgan fingerprint density at radius 1 is 1.03 bits per heavy atom. The minimum Gasteiger partial charge on any atom is -0.487 e. The molecule has 168 valence electrons. The number of nitrogens with zero attached hydrogens (tertiary/aromatic N) is 2. The highest BCUT2D eigenvalue weighted by molar-refractivity contribution is 6.21. The average molecular weight is 435 g/mol. The summed E-state index contributed by atoms with van der Waals surface area (Å²) in [6.45, 7) is 2.57. The third kappa shape index (κ3) is 7.38. The molecular formula is C26H30N2O4. The molecule has 0 aliphatic carbocycles. The molecule has 0 aliphatic rings. The van der Waals surface area contributed by atoms with E-state index >= 15 is 0 Å². The number of oxime groups is 1. The van der Waals surface area contributed by atoms with Gasteiger partial charge in [-0.05, 0) is 42.7 Å². The van der Waals surface area contributed by atoms with Crippen molar-refractivity contribution in [2.75, 3.05) is 0 Å². The molecule has 1 unspecified atom stereocenters. The number of hydrogen-bond acceptors (Lipinski definition) is 5. The van der Waals surface area contributed by atoms with Crippen molar-refractivity contribution >= 4 is 23.1 Å². The van der Waals surface area contributed by atoms with Gasteiger partial charge < -0.3 is 14.7 Å². The lowest BCUT2D eigenvalue weighted by Crippen LogP contribution is -2.04. The van der Waals surface area contributed by atoms with Crippen LogP contribution in [-0.2, 0) is 16.2 Å². The molecule has 1 atom stereocenters. The molecular weight excluding hydrogens is 404 g/mol. The molecule has 1 heterocycles. The van der Waals surface area contributed by atoms with Crippen LogP contribution in [0.3, 0.4) is 0 Å². The van der Waals surface area contributed by atoms with Crippen molar-refractivity contribution in [2.45, 2.75) is 58.2 Å². The lowest BCUT2D eigenvalue weighted by Gasteiger charge is -2.16. The zero-order chi connectivity index (χ0) is 22.6. The number of aromatic nitrogens is 1. The smallest absolute Gasteiger partial charge is 0.350 e. The Labute approximate surface area is 188 Å². The number of aliphatic carboxylic acids is 1. The van der Waals surface area contributed by atoms with Gasteiger partial charge in [-0.2, -0.15) is 0 Å². The summed E-state index contributed by atoms with van der Waals surface area (Å²) in [5.41, 5.74) is 2.76. The molecule has 0 spiro atoms. The quantitative estimate of drug-likeness (QED) is 0.194. The number of unbranched alkanes of at least 4 members (excludes halogenated alkanes) is 4. The standard InChI is InChI=1S/C26H30N2O4/c1-2-3-4-5-6-11-25(32-27-18-26(29)30)21-13-16-23(17-14-21)31-19-22-15-12-20-9-7-8-10-24(20)28-22/h7-10,12-18,25H,2-6,11,19H2,1H3,(H,29,30)/b27-18+. The van der Waals surface area contributed by atoms with Gasteiger partial charge in [0.1, 0.15) is 12.4 Å². The van der Waals surface area contributed by atoms with Gasteiger partial charge in [-0.15, -0.1) is 0 Å². The number of pyridine rings is 1. The molecule has 2 aromatic carbocycles. The van der Waals surface area contributed by atoms with Crippen molar-refractivity contribution in [3.63, 3.8) is 0 Å². The van der Waals surface area contributed by atoms with Crippen LogP contribution in [0.5, 0.6) is 5.75 Å². The van der Waals surface area contributed by atoms with Crippen LogP contribution in [0.4, 0.5) is 0 Å². The maximum atomic E-state index is 10.7. The van der Waals surface area contributed by atoms with Gasteiger partial charge in [-0.1, -0.05) is 74.2 Å². The average Bonchev–Trinajstić information content (AvgIpc) is 2.81. The second-order valence-electron chi connectivity index (χ2n) is 7.72. The van der Waals surface area contributed by atoms with Crippen molar-refractivity contribution in [3.8, 4) is 5.75 Å². The van der Waals surface area contributed by atoms with E-state index in [0.717, 1.165) is 53.4 Å². The Bertz CT molecular complexity index is 1020. The molecule has 1 aromatic heterocycles. The summed E-state index contributed by atoms with van der Waals surface area (Å²) in [6.07, 6.45) is 7.00. The van der Waals surface area contributed by atoms with E-state index in [0.29, 0.717) is 6.61 Å². The third-order valence-corrected chi connectivity index (χ3v) is 5.22. The molecule has 6 heteroatoms. The predicted octanol–water partition coefficient (Wildman–Crippen LogP) is 6.30. The summed E-state index contributed by atoms with van der Waals surface area (Å²) in [5, 5.41) is 13.5. The molecule has 0 amide bonds. The first-order valence-corrected chi connectivity index (χ1v) is 11.1. The highest BCUT2D eigenvalue weighted by Crippen LogP contribution is 2.27. The lowest BCUT2D eigenvalue weighted by atomic mass is 10.0. The second-order valence-corrected chi connectivity index (χ2v) is 7.72. The number of rotatable bonds is 13. The van der Waals surface area contributed by atoms with E-state index in [-0.39, 0.29) is 6.10 Å². The summed E-state index contributed by atoms with van der Waals surface area (Å²) in [6, 6.07) is 19.7. The zero-order valence-electron chi connectivity index (χ0n) is 18.4. The first kappa shape index (κ1) is 23.3. The third-order valence-electron chi connectivity index (χ3n) is 5.22. The fourth-order valence-corrected chi connectivity index (χ4v) is 3.49. The molecule has 3 aromatic rings. The highest BCUT2D eigenvalue weighted by Gasteiger charge is 2.13. The van der Waals surface area contributed by atoms with Crippen LogP contribution in [0.2, 0.25) is 0 Å². The van der Waals surface area contributed by atoms with Crippen LogP contribution in [0.25, 0.3) is 10.9 Å². The Morgan fingerprint density at radius 3 is 2.59 bits per heavy atom. The van der Waals surface area contributed by atoms with Gasteiger partial charge in [0.2, 0.25) is 0 Å². The first-order valence-electron chi connectivity index (χ1n) is 11.1. The van der Waals surface area contributed by atoms with Crippen molar-refractivity contribution in [1.29, 1.82) is 0 Å². The predicted molar refractivity (Wildman–Crippen MR) is 126 cm³/mol. The molecule has 0 aliphatic heterocycles. The molecule has 32 heavy (non-hydrogen) atoms. The Morgan fingerprint density at radius 2 is 1.81 bits per heavy atom. The summed E-state index contributed by atoms with van der Waals surface area (Å²) in [7, 11) is 0. The van der Waals surface area contributed by atoms with E-state index in [1.54, 1.807) is 0 Å². The Balaban J connectivity index is 1.59. The van der Waals surface area contributed by atoms with Crippen LogP contribution in [0, 0.1) is 0 Å². The van der Waals surface area contributed by atoms with Crippen LogP contribution < -0.4 is 4.74 Å². The largest absolute Gasteiger partial charge is 0.487 e. The second kappa shape index (κ2) is 12.4. The molecule has 0 saturated carbocycles. The van der Waals surface area contributed by atoms with Gasteiger partial charge >= 0.3 is 5.97 Å². The van der Waals surface area contributed by atoms with Gasteiger partial charge in [-0.25, -0.2) is 9.78 Å². The van der Waals surface area contributed by atoms with Gasteiger partial charge in [0.05, 0.1) is 11.2 Å². The van der Waals surface area contributed by atoms with Crippen molar-refractivity contribution in [1.82, 2.24) is 4.98 Å². The molecule has 0 fully saturated rings. The number of hydrogen-bond donors (Lipinski definition) is 1. The van der Waals surface area contributed by atoms with E-state index in [2.05, 4.69) is 17.1 Å². The van der Waals surface area contributed by atoms with E-state index in [1.807, 2.05) is 60.7 Å². The molecule has 6 nitrogen and oxygen atoms in total. The number of carboxylic acids is 1. The lowest BCUT2D eigenvalue weighted by molar-refractivity contribution is -0.129. The van der Waals surface area contributed by atoms with Crippen molar-refractivity contribution in [2.24, 2.45) is 5.16 Å². The maximum Gasteiger partial charge on any atom is 0.350 e. The number of carboxylic acid groups (broad SMARTS) is 1. The van der Waals surface area contributed by atoms with Crippen molar-refractivity contribution in [3.05, 3.63) is 71.9 Å². The van der Waals surface area contributed by atoms with E-state index < -0.39 is 5.97 Å². The Hall–Kier alpha value is -3.41. The van der Waals surface area contributed by atoms with Gasteiger partial charge in [0.25, 0.3) is 0 Å². The normalized spacial score (nSPS) is 12.2. The summed E-state index contributed by atoms with van der Waals surface area (Å²) in [5.74, 6) is -0.391. The van der Waals surface area contributed by atoms with Gasteiger partial charge in [-0.3, -0.25) is 0 Å². The van der Waals surface area contributed by atoms with Crippen LogP contribution in [-0.4, -0.2) is 22.3 Å². The summed E-state index contributed by atoms with van der Waals surface area (Å²) < 4.78 is 5.90. The molecule has 0 bridgehead atoms. The van der Waals surface area contributed by atoms with E-state index in [9.17, 15) is 4.79 Å². The molecule has 3 rings (SSSR count). The van der Waals surface area contributed by atoms with Crippen molar-refractivity contribution < 1.29 is 19.5 Å². The molecule has 1 N–H and O–H groups in total. The van der Waals surface area contributed by atoms with E-state index in [1.165, 1.54) is 19.3 Å². The first-order chi connectivity index (χ1) is 15.7. The fraction of sp³-hybridized carbons (Fsp3) is 0.346. The van der Waals surface area contributed by atoms with Crippen LogP contribution >= 0.6 is 0 Å². The molecule has 0 saturated heterocycles. The van der Waals surface area contributed by atoms with Gasteiger partial charge in [0, 0.05) is 5.39 Å². The van der Waals surface area contributed by atoms with Gasteiger partial charge in [0.15, 0.2) is 12.3 Å². The summed E-state index contributed by atoms with van der Waals surface area (Å²) >= 11 is 0. The monoisotopic (exact) mass is 434 g/mol. The van der Waals surface area contributed by atoms with Crippen LogP contribution in [0.15, 0.2) is 65.8 Å². The number of benzene rings is 2. The maximum absolute atomic E-state index is 10.7. The number of fused-ring (bicyclic) bond motifs is 1. The van der Waals surface area contributed by atoms with E-state index in [4.69, 9.17) is 14.7 Å². The summed E-state index contributed by atoms with van der Waals surface area (Å²) in [4.78, 5) is 20.8. The SMILES string of the molecule is CCCCCCCC(O/N=C/C(=O)O)c1ccc(OCc2ccc3ccccc3n2)cc1. The zero-order valence-corrected chi connectivity index (χ0v) is 18.4. The fourth-order valence-electron chi connectivity index (χ4n) is 3.49. The van der Waals surface area contributed by atoms with Crippen LogP contribution in [0.1, 0.15) is 62.8 Å². The number of para-hydroxylation sites is 1. The molecule has 0 radical (unpaired) electrons. The Kier molecular flexibility index (Phi) is 9.05. The topological polar surface area (TPSA) is 81.0 Å². The number of ether oxygens (including phenoxy) is 1. The minimum atomic E-state index is -1.13. The highest BCUT2D eigenvalue weighted by atomic mass is 16.6.